The first kappa shape index (κ1) is 13.6. The van der Waals surface area contributed by atoms with E-state index >= 15 is 0 Å². The molecule has 0 saturated heterocycles. The van der Waals surface area contributed by atoms with Crippen LogP contribution >= 0.6 is 0 Å². The van der Waals surface area contributed by atoms with E-state index in [-0.39, 0.29) is 5.92 Å². The maximum Gasteiger partial charge on any atom is 0.0922 e. The van der Waals surface area contributed by atoms with Crippen LogP contribution in [-0.2, 0) is 0 Å². The Morgan fingerprint density at radius 2 is 1.96 bits per heavy atom. The van der Waals surface area contributed by atoms with Gasteiger partial charge in [-0.2, -0.15) is 0 Å². The predicted octanol–water partition coefficient (Wildman–Crippen LogP) is 3.24. The van der Waals surface area contributed by atoms with Gasteiger partial charge in [0.15, 0.2) is 0 Å². The summed E-state index contributed by atoms with van der Waals surface area (Å²) in [6.45, 7) is 2.11. The maximum absolute atomic E-state index is 4.50. The van der Waals surface area contributed by atoms with Crippen LogP contribution in [0.15, 0.2) is 61.6 Å². The Bertz CT molecular complexity index is 932. The molecule has 1 N–H and O–H groups in total. The molecule has 3 heterocycles. The molecule has 3 aromatic heterocycles. The van der Waals surface area contributed by atoms with Crippen molar-refractivity contribution in [1.82, 2.24) is 24.9 Å². The Hall–Kier alpha value is -3.08. The Morgan fingerprint density at radius 3 is 2.74 bits per heavy atom. The number of imidazole rings is 1. The average molecular weight is 301 g/mol. The molecule has 0 bridgehead atoms. The van der Waals surface area contributed by atoms with Crippen molar-refractivity contribution in [3.05, 3.63) is 84.1 Å². The topological polar surface area (TPSA) is 67.3 Å². The molecule has 0 fully saturated rings. The third kappa shape index (κ3) is 2.46. The van der Waals surface area contributed by atoms with Gasteiger partial charge in [0.05, 0.1) is 23.5 Å². The largest absolute Gasteiger partial charge is 0.348 e. The molecule has 1 unspecified atom stereocenters. The second-order valence-electron chi connectivity index (χ2n) is 5.48. The SMILES string of the molecule is Cc1cc(C(c2cnccn2)c2cnc[nH]2)cc2ncccc12. The van der Waals surface area contributed by atoms with Crippen molar-refractivity contribution in [2.75, 3.05) is 0 Å². The summed E-state index contributed by atoms with van der Waals surface area (Å²) in [6, 6.07) is 8.35. The van der Waals surface area contributed by atoms with Crippen molar-refractivity contribution < 1.29 is 0 Å². The molecule has 4 rings (SSSR count). The monoisotopic (exact) mass is 301 g/mol. The van der Waals surface area contributed by atoms with Gasteiger partial charge in [0.1, 0.15) is 0 Å². The zero-order chi connectivity index (χ0) is 15.6. The summed E-state index contributed by atoms with van der Waals surface area (Å²) in [6.07, 6.45) is 10.5. The van der Waals surface area contributed by atoms with Gasteiger partial charge in [0.25, 0.3) is 0 Å². The third-order valence-electron chi connectivity index (χ3n) is 3.99. The number of rotatable bonds is 3. The van der Waals surface area contributed by atoms with E-state index in [1.54, 1.807) is 24.9 Å². The molecule has 5 nitrogen and oxygen atoms in total. The van der Waals surface area contributed by atoms with Gasteiger partial charge in [0, 0.05) is 42.1 Å². The predicted molar refractivity (Wildman–Crippen MR) is 88.0 cm³/mol. The zero-order valence-corrected chi connectivity index (χ0v) is 12.6. The first-order chi connectivity index (χ1) is 11.3. The van der Waals surface area contributed by atoms with E-state index in [9.17, 15) is 0 Å². The van der Waals surface area contributed by atoms with E-state index in [2.05, 4.69) is 50.0 Å². The Morgan fingerprint density at radius 1 is 1.00 bits per heavy atom. The molecule has 112 valence electrons. The van der Waals surface area contributed by atoms with Crippen LogP contribution in [0, 0.1) is 6.92 Å². The molecule has 0 spiro atoms. The van der Waals surface area contributed by atoms with Gasteiger partial charge in [0.2, 0.25) is 0 Å². The van der Waals surface area contributed by atoms with Crippen LogP contribution in [0.1, 0.15) is 28.4 Å². The average Bonchev–Trinajstić information content (AvgIpc) is 3.10. The fourth-order valence-corrected chi connectivity index (χ4v) is 2.95. The number of pyridine rings is 1. The van der Waals surface area contributed by atoms with E-state index in [4.69, 9.17) is 0 Å². The van der Waals surface area contributed by atoms with Crippen molar-refractivity contribution in [1.29, 1.82) is 0 Å². The smallest absolute Gasteiger partial charge is 0.0922 e. The molecule has 0 saturated carbocycles. The number of H-pyrrole nitrogens is 1. The number of nitrogens with one attached hydrogen (secondary N) is 1. The molecule has 4 aromatic rings. The normalized spacial score (nSPS) is 12.4. The first-order valence-electron chi connectivity index (χ1n) is 7.42. The molecule has 0 amide bonds. The van der Waals surface area contributed by atoms with E-state index in [1.807, 2.05) is 18.5 Å². The Balaban J connectivity index is 1.94. The van der Waals surface area contributed by atoms with Crippen LogP contribution < -0.4 is 0 Å². The van der Waals surface area contributed by atoms with Crippen LogP contribution in [0.4, 0.5) is 0 Å². The Kier molecular flexibility index (Phi) is 3.31. The quantitative estimate of drug-likeness (QED) is 0.631. The van der Waals surface area contributed by atoms with Crippen LogP contribution in [0.5, 0.6) is 0 Å². The molecule has 0 radical (unpaired) electrons. The fourth-order valence-electron chi connectivity index (χ4n) is 2.95. The highest BCUT2D eigenvalue weighted by Crippen LogP contribution is 2.31. The van der Waals surface area contributed by atoms with Crippen LogP contribution in [-0.4, -0.2) is 24.9 Å². The summed E-state index contributed by atoms with van der Waals surface area (Å²) in [5.41, 5.74) is 5.17. The summed E-state index contributed by atoms with van der Waals surface area (Å²) in [4.78, 5) is 20.6. The maximum atomic E-state index is 4.50. The summed E-state index contributed by atoms with van der Waals surface area (Å²) in [5.74, 6) is -0.0451. The van der Waals surface area contributed by atoms with Crippen molar-refractivity contribution >= 4 is 10.9 Å². The van der Waals surface area contributed by atoms with Crippen molar-refractivity contribution in [3.63, 3.8) is 0 Å². The number of hydrogen-bond acceptors (Lipinski definition) is 4. The number of nitrogens with zero attached hydrogens (tertiary/aromatic N) is 4. The van der Waals surface area contributed by atoms with Crippen molar-refractivity contribution in [3.8, 4) is 0 Å². The summed E-state index contributed by atoms with van der Waals surface area (Å²) < 4.78 is 0. The van der Waals surface area contributed by atoms with Crippen LogP contribution in [0.25, 0.3) is 10.9 Å². The standard InChI is InChI=1S/C18H15N5/c1-12-7-13(8-15-14(12)3-2-4-21-15)18(17-10-20-11-23-17)16-9-19-5-6-22-16/h2-11,18H,1H3,(H,20,23). The summed E-state index contributed by atoms with van der Waals surface area (Å²) >= 11 is 0. The highest BCUT2D eigenvalue weighted by molar-refractivity contribution is 5.83. The van der Waals surface area contributed by atoms with Gasteiger partial charge in [-0.3, -0.25) is 15.0 Å². The minimum Gasteiger partial charge on any atom is -0.348 e. The molecular weight excluding hydrogens is 286 g/mol. The molecule has 1 atom stereocenters. The molecule has 0 aliphatic heterocycles. The number of hydrogen-bond donors (Lipinski definition) is 1. The summed E-state index contributed by atoms with van der Waals surface area (Å²) in [7, 11) is 0. The van der Waals surface area contributed by atoms with E-state index in [0.29, 0.717) is 0 Å². The molecule has 1 aromatic carbocycles. The third-order valence-corrected chi connectivity index (χ3v) is 3.99. The van der Waals surface area contributed by atoms with Crippen LogP contribution in [0.3, 0.4) is 0 Å². The molecular formula is C18H15N5. The fraction of sp³-hybridized carbons (Fsp3) is 0.111. The van der Waals surface area contributed by atoms with Crippen molar-refractivity contribution in [2.45, 2.75) is 12.8 Å². The van der Waals surface area contributed by atoms with E-state index in [0.717, 1.165) is 22.5 Å². The summed E-state index contributed by atoms with van der Waals surface area (Å²) in [5, 5.41) is 1.17. The highest BCUT2D eigenvalue weighted by Gasteiger charge is 2.20. The Labute approximate surface area is 133 Å². The van der Waals surface area contributed by atoms with Gasteiger partial charge < -0.3 is 4.98 Å². The lowest BCUT2D eigenvalue weighted by Gasteiger charge is -2.16. The number of fused-ring (bicyclic) bond motifs is 1. The van der Waals surface area contributed by atoms with Gasteiger partial charge in [-0.1, -0.05) is 12.1 Å². The number of benzene rings is 1. The van der Waals surface area contributed by atoms with Gasteiger partial charge >= 0.3 is 0 Å². The van der Waals surface area contributed by atoms with E-state index < -0.39 is 0 Å². The molecule has 0 aliphatic carbocycles. The molecule has 23 heavy (non-hydrogen) atoms. The van der Waals surface area contributed by atoms with Crippen molar-refractivity contribution in [2.24, 2.45) is 0 Å². The zero-order valence-electron chi connectivity index (χ0n) is 12.6. The molecule has 5 heteroatoms. The minimum absolute atomic E-state index is 0.0451. The lowest BCUT2D eigenvalue weighted by Crippen LogP contribution is -2.07. The molecule has 0 aliphatic rings. The lowest BCUT2D eigenvalue weighted by atomic mass is 9.90. The second kappa shape index (κ2) is 5.61. The van der Waals surface area contributed by atoms with E-state index in [1.165, 1.54) is 10.9 Å². The van der Waals surface area contributed by atoms with Gasteiger partial charge in [-0.05, 0) is 30.2 Å². The highest BCUT2D eigenvalue weighted by atomic mass is 14.9. The minimum atomic E-state index is -0.0451. The lowest BCUT2D eigenvalue weighted by molar-refractivity contribution is 0.871. The number of aromatic nitrogens is 5. The van der Waals surface area contributed by atoms with Crippen LogP contribution in [0.2, 0.25) is 0 Å². The van der Waals surface area contributed by atoms with Gasteiger partial charge in [-0.15, -0.1) is 0 Å². The first-order valence-corrected chi connectivity index (χ1v) is 7.42. The second-order valence-corrected chi connectivity index (χ2v) is 5.48. The number of aromatic amines is 1. The number of aryl methyl sites for hydroxylation is 1. The van der Waals surface area contributed by atoms with Gasteiger partial charge in [-0.25, -0.2) is 4.98 Å².